The lowest BCUT2D eigenvalue weighted by molar-refractivity contribution is 0.0563. The van der Waals surface area contributed by atoms with E-state index < -0.39 is 49.8 Å². The monoisotopic (exact) mass is 441 g/mol. The molecule has 0 aliphatic carbocycles. The number of benzene rings is 2. The van der Waals surface area contributed by atoms with Crippen molar-refractivity contribution in [2.75, 3.05) is 4.90 Å². The first-order chi connectivity index (χ1) is 12.9. The van der Waals surface area contributed by atoms with Crippen LogP contribution in [0.15, 0.2) is 53.4 Å². The molecular formula is C18H17F6NO3S. The van der Waals surface area contributed by atoms with Gasteiger partial charge < -0.3 is 4.74 Å². The molecule has 11 heteroatoms. The van der Waals surface area contributed by atoms with Gasteiger partial charge in [0.2, 0.25) is 0 Å². The Labute approximate surface area is 162 Å². The summed E-state index contributed by atoms with van der Waals surface area (Å²) >= 11 is 0. The Balaban J connectivity index is 2.65. The zero-order chi connectivity index (χ0) is 22.3. The number of hydrogen-bond acceptors (Lipinski definition) is 3. The van der Waals surface area contributed by atoms with Crippen LogP contribution >= 0.6 is 10.2 Å². The van der Waals surface area contributed by atoms with Crippen LogP contribution in [-0.4, -0.2) is 17.6 Å². The summed E-state index contributed by atoms with van der Waals surface area (Å²) in [4.78, 5) is 23.0. The zero-order valence-corrected chi connectivity index (χ0v) is 16.3. The van der Waals surface area contributed by atoms with Gasteiger partial charge >= 0.3 is 16.3 Å². The van der Waals surface area contributed by atoms with Crippen molar-refractivity contribution in [2.24, 2.45) is 0 Å². The number of rotatable bonds is 3. The molecule has 0 heterocycles. The third kappa shape index (κ3) is 5.66. The molecule has 0 radical (unpaired) electrons. The van der Waals surface area contributed by atoms with Gasteiger partial charge in [-0.1, -0.05) is 37.6 Å². The van der Waals surface area contributed by atoms with Crippen LogP contribution in [0.2, 0.25) is 0 Å². The molecule has 0 fully saturated rings. The molecule has 0 saturated carbocycles. The SMILES string of the molecule is CC(C)(C)OC(=O)N(C(=O)c1ccccc1F)c1cccc(S(F)(F)(F)(F)F)c1. The minimum Gasteiger partial charge on any atom is -0.443 e. The van der Waals surface area contributed by atoms with E-state index >= 15 is 0 Å². The predicted molar refractivity (Wildman–Crippen MR) is 97.3 cm³/mol. The molecule has 0 aliphatic rings. The van der Waals surface area contributed by atoms with E-state index in [2.05, 4.69) is 0 Å². The van der Waals surface area contributed by atoms with Crippen molar-refractivity contribution in [1.29, 1.82) is 0 Å². The van der Waals surface area contributed by atoms with Crippen LogP contribution in [0.4, 0.5) is 34.3 Å². The number of carbonyl (C=O) groups excluding carboxylic acids is 2. The summed E-state index contributed by atoms with van der Waals surface area (Å²) in [6.45, 7) is 4.26. The number of halogens is 6. The Morgan fingerprint density at radius 1 is 0.931 bits per heavy atom. The van der Waals surface area contributed by atoms with Gasteiger partial charge in [0.15, 0.2) is 0 Å². The third-order valence-corrected chi connectivity index (χ3v) is 4.55. The normalized spacial score (nSPS) is 14.5. The molecule has 0 N–H and O–H groups in total. The molecule has 4 nitrogen and oxygen atoms in total. The molecule has 2 aromatic rings. The molecule has 0 unspecified atom stereocenters. The maximum atomic E-state index is 14.0. The van der Waals surface area contributed by atoms with Crippen LogP contribution < -0.4 is 4.90 Å². The summed E-state index contributed by atoms with van der Waals surface area (Å²) in [5.74, 6) is -2.44. The summed E-state index contributed by atoms with van der Waals surface area (Å²) in [5, 5.41) is 0. The van der Waals surface area contributed by atoms with Gasteiger partial charge in [-0.25, -0.2) is 14.1 Å². The number of amides is 2. The van der Waals surface area contributed by atoms with Gasteiger partial charge in [0.25, 0.3) is 5.91 Å². The van der Waals surface area contributed by atoms with E-state index in [1.807, 2.05) is 0 Å². The van der Waals surface area contributed by atoms with Crippen LogP contribution in [0.5, 0.6) is 0 Å². The average Bonchev–Trinajstić information content (AvgIpc) is 2.52. The van der Waals surface area contributed by atoms with Crippen molar-refractivity contribution in [2.45, 2.75) is 31.3 Å². The third-order valence-electron chi connectivity index (χ3n) is 3.40. The van der Waals surface area contributed by atoms with E-state index in [1.165, 1.54) is 32.9 Å². The minimum absolute atomic E-state index is 0.0514. The van der Waals surface area contributed by atoms with E-state index in [0.717, 1.165) is 18.2 Å². The highest BCUT2D eigenvalue weighted by Gasteiger charge is 2.65. The van der Waals surface area contributed by atoms with Crippen molar-refractivity contribution in [1.82, 2.24) is 0 Å². The minimum atomic E-state index is -10.1. The lowest BCUT2D eigenvalue weighted by atomic mass is 10.1. The number of hydrogen-bond donors (Lipinski definition) is 0. The Bertz CT molecular complexity index is 970. The number of ether oxygens (including phenoxy) is 1. The Morgan fingerprint density at radius 3 is 2.03 bits per heavy atom. The Hall–Kier alpha value is -2.69. The van der Waals surface area contributed by atoms with Gasteiger partial charge in [-0.2, -0.15) is 0 Å². The largest absolute Gasteiger partial charge is 0.443 e. The van der Waals surface area contributed by atoms with Gasteiger partial charge in [0, 0.05) is 0 Å². The van der Waals surface area contributed by atoms with Gasteiger partial charge in [-0.05, 0) is 51.1 Å². The van der Waals surface area contributed by atoms with Crippen LogP contribution in [-0.2, 0) is 4.74 Å². The van der Waals surface area contributed by atoms with Crippen molar-refractivity contribution < 1.29 is 38.1 Å². The van der Waals surface area contributed by atoms with E-state index in [4.69, 9.17) is 4.74 Å². The highest BCUT2D eigenvalue weighted by molar-refractivity contribution is 8.45. The second kappa shape index (κ2) is 6.41. The van der Waals surface area contributed by atoms with Crippen molar-refractivity contribution >= 4 is 27.9 Å². The Kier molecular flexibility index (Phi) is 4.99. The van der Waals surface area contributed by atoms with Crippen LogP contribution in [0, 0.1) is 5.82 Å². The molecule has 0 atom stereocenters. The first-order valence-electron chi connectivity index (χ1n) is 8.05. The number of carbonyl (C=O) groups is 2. The van der Waals surface area contributed by atoms with E-state index in [0.29, 0.717) is 6.07 Å². The standard InChI is InChI=1S/C18H17F6NO3S/c1-18(2,3)28-17(27)25(16(26)14-9-4-5-10-15(14)19)12-7-6-8-13(11-12)29(20,21,22,23)24/h4-11H,1-3H3. The lowest BCUT2D eigenvalue weighted by Gasteiger charge is -2.40. The average molecular weight is 441 g/mol. The molecule has 0 aliphatic heterocycles. The van der Waals surface area contributed by atoms with Crippen molar-refractivity contribution in [3.8, 4) is 0 Å². The fourth-order valence-electron chi connectivity index (χ4n) is 2.23. The van der Waals surface area contributed by atoms with Crippen molar-refractivity contribution in [3.05, 3.63) is 59.9 Å². The molecular weight excluding hydrogens is 424 g/mol. The summed E-state index contributed by atoms with van der Waals surface area (Å²) in [6, 6.07) is 5.89. The molecule has 2 aromatic carbocycles. The zero-order valence-electron chi connectivity index (χ0n) is 15.5. The van der Waals surface area contributed by atoms with Crippen LogP contribution in [0.1, 0.15) is 31.1 Å². The summed E-state index contributed by atoms with van der Waals surface area (Å²) in [7, 11) is -10.1. The van der Waals surface area contributed by atoms with E-state index in [-0.39, 0.29) is 17.0 Å². The Morgan fingerprint density at radius 2 is 1.52 bits per heavy atom. The molecule has 0 bridgehead atoms. The molecule has 2 rings (SSSR count). The first-order valence-corrected chi connectivity index (χ1v) is 10.0. The fraction of sp³-hybridized carbons (Fsp3) is 0.222. The quantitative estimate of drug-likeness (QED) is 0.479. The molecule has 160 valence electrons. The van der Waals surface area contributed by atoms with E-state index in [9.17, 15) is 33.4 Å². The molecule has 0 saturated heterocycles. The topological polar surface area (TPSA) is 46.6 Å². The highest BCUT2D eigenvalue weighted by atomic mass is 32.5. The first kappa shape index (κ1) is 22.6. The predicted octanol–water partition coefficient (Wildman–Crippen LogP) is 7.07. The van der Waals surface area contributed by atoms with Crippen LogP contribution in [0.25, 0.3) is 0 Å². The van der Waals surface area contributed by atoms with Gasteiger partial charge in [-0.15, -0.1) is 0 Å². The van der Waals surface area contributed by atoms with Crippen LogP contribution in [0.3, 0.4) is 0 Å². The van der Waals surface area contributed by atoms with Crippen molar-refractivity contribution in [3.63, 3.8) is 0 Å². The number of imide groups is 1. The summed E-state index contributed by atoms with van der Waals surface area (Å²) in [6.07, 6.45) is -1.45. The lowest BCUT2D eigenvalue weighted by Crippen LogP contribution is -2.41. The highest BCUT2D eigenvalue weighted by Crippen LogP contribution is 3.02. The second-order valence-electron chi connectivity index (χ2n) is 7.07. The fourth-order valence-corrected chi connectivity index (χ4v) is 2.91. The molecule has 0 spiro atoms. The molecule has 2 amide bonds. The summed E-state index contributed by atoms with van der Waals surface area (Å²) < 4.78 is 84.9. The van der Waals surface area contributed by atoms with Gasteiger partial charge in [0.05, 0.1) is 11.3 Å². The molecule has 29 heavy (non-hydrogen) atoms. The second-order valence-corrected chi connectivity index (χ2v) is 9.48. The smallest absolute Gasteiger partial charge is 0.422 e. The number of anilines is 1. The molecule has 0 aromatic heterocycles. The number of nitrogens with zero attached hydrogens (tertiary/aromatic N) is 1. The van der Waals surface area contributed by atoms with Gasteiger partial charge in [-0.3, -0.25) is 4.79 Å². The summed E-state index contributed by atoms with van der Waals surface area (Å²) in [5.41, 5.74) is -2.68. The van der Waals surface area contributed by atoms with E-state index in [1.54, 1.807) is 0 Å². The maximum Gasteiger partial charge on any atom is 0.422 e. The van der Waals surface area contributed by atoms with Gasteiger partial charge in [0.1, 0.15) is 16.3 Å². The maximum absolute atomic E-state index is 14.0.